The van der Waals surface area contributed by atoms with Crippen LogP contribution >= 0.6 is 22.7 Å². The molecular weight excluding hydrogens is 1520 g/mol. The van der Waals surface area contributed by atoms with Crippen LogP contribution in [0.3, 0.4) is 0 Å². The van der Waals surface area contributed by atoms with Crippen molar-refractivity contribution >= 4 is 28.9 Å². The highest BCUT2D eigenvalue weighted by atomic mass is 32.1. The Labute approximate surface area is 760 Å². The first-order valence-corrected chi connectivity index (χ1v) is 47.7. The third-order valence-electron chi connectivity index (χ3n) is 6.80. The lowest BCUT2D eigenvalue weighted by molar-refractivity contribution is 0.558. The van der Waals surface area contributed by atoms with Gasteiger partial charge in [0.15, 0.2) is 6.39 Å². The molecule has 0 bridgehead atoms. The minimum atomic E-state index is 1.03. The average molecular weight is 1720 g/mol. The van der Waals surface area contributed by atoms with Crippen LogP contribution in [-0.2, 0) is 14.1 Å². The summed E-state index contributed by atoms with van der Waals surface area (Å²) in [6, 6.07) is 34.8. The zero-order chi connectivity index (χ0) is 99.2. The number of imidazole rings is 1. The van der Waals surface area contributed by atoms with Gasteiger partial charge >= 0.3 is 0 Å². The molecule has 13 rings (SSSR count). The summed E-state index contributed by atoms with van der Waals surface area (Å²) in [5.74, 6) is 0. The van der Waals surface area contributed by atoms with Crippen molar-refractivity contribution in [3.8, 4) is 0 Å². The minimum Gasteiger partial charge on any atom is -0.473 e. The molecule has 2 aliphatic rings. The molecule has 0 amide bonds. The second kappa shape index (κ2) is 310. The molecule has 1 aromatic carbocycles. The number of thiophene rings is 1. The van der Waals surface area contributed by atoms with E-state index in [1.165, 1.54) is 19.0 Å². The van der Waals surface area contributed by atoms with E-state index >= 15 is 0 Å². The number of pyridine rings is 1. The molecule has 10 aromatic heterocycles. The summed E-state index contributed by atoms with van der Waals surface area (Å²) in [5, 5.41) is 13.1. The highest BCUT2D eigenvalue weighted by Crippen LogP contribution is 1.94. The van der Waals surface area contributed by atoms with E-state index < -0.39 is 0 Å². The van der Waals surface area contributed by atoms with Crippen LogP contribution in [0, 0.1) is 0 Å². The maximum atomic E-state index is 4.58. The number of thiazole rings is 1. The van der Waals surface area contributed by atoms with Crippen LogP contribution in [0.25, 0.3) is 0 Å². The molecule has 1 aliphatic carbocycles. The number of allylic oxidation sites excluding steroid dienone is 5. The van der Waals surface area contributed by atoms with E-state index in [9.17, 15) is 0 Å². The van der Waals surface area contributed by atoms with Crippen LogP contribution < -0.4 is 0 Å². The standard InChI is InChI=1S/C6H6.C5H7N.C5H5N.C5H6.C4H6N2.3C4H4N2.C4H5N.C4H4O.C4H4S.C3H3NO.C3H3NS.24C2H6/c1-2-4-6-5-3-1;1-6-4-2-3-5-6;1-2-4-6-5-3-1;1-2-4-5-3-1;1-6-3-2-5-4-6;1-2-6-4-3-5-1;1-2-5-4-6-3-1;1-2-4-6-5-3-1;3*1-2-4-5-3-1;2*1-2-5-3-4-1;24*1-2/h1-6H;2-5H,1H3;1-5H;1-4H,5H2;2-4H,1H3;3*1-4H;1,3-4H,2H2;2*1-4H;2*1-3H;24*1-2H3. The van der Waals surface area contributed by atoms with Crippen molar-refractivity contribution in [2.24, 2.45) is 19.1 Å². The Balaban J connectivity index is -0.0000000363. The maximum Gasteiger partial charge on any atom is 0.180 e. The van der Waals surface area contributed by atoms with Gasteiger partial charge in [0.2, 0.25) is 0 Å². The molecule has 0 fully saturated rings. The summed E-state index contributed by atoms with van der Waals surface area (Å²) in [6.07, 6.45) is 53.3. The van der Waals surface area contributed by atoms with Crippen molar-refractivity contribution in [1.82, 2.24) is 59.2 Å². The van der Waals surface area contributed by atoms with Gasteiger partial charge in [0.25, 0.3) is 0 Å². The summed E-state index contributed by atoms with van der Waals surface area (Å²) in [4.78, 5) is 33.4. The van der Waals surface area contributed by atoms with Crippen molar-refractivity contribution in [2.45, 2.75) is 345 Å². The van der Waals surface area contributed by atoms with Crippen LogP contribution in [0.15, 0.2) is 318 Å². The molecule has 11 aromatic rings. The van der Waals surface area contributed by atoms with Crippen LogP contribution in [0.4, 0.5) is 0 Å². The first-order valence-electron chi connectivity index (χ1n) is 45.8. The molecule has 120 heavy (non-hydrogen) atoms. The number of furan rings is 1. The number of aromatic nitrogens is 12. The number of hydrogen-bond acceptors (Lipinski definition) is 15. The zero-order valence-corrected chi connectivity index (χ0v) is 89.9. The molecule has 0 radical (unpaired) electrons. The lowest BCUT2D eigenvalue weighted by Crippen LogP contribution is -1.76. The summed E-state index contributed by atoms with van der Waals surface area (Å²) in [6.45, 7) is 96.0. The fourth-order valence-electron chi connectivity index (χ4n) is 3.71. The summed E-state index contributed by atoms with van der Waals surface area (Å²) >= 11 is 3.31. The fraction of sp³-hybridized carbons (Fsp3) is 0.505. The van der Waals surface area contributed by atoms with E-state index in [1.807, 2.05) is 506 Å². The highest BCUT2D eigenvalue weighted by molar-refractivity contribution is 7.07. The van der Waals surface area contributed by atoms with Gasteiger partial charge in [-0.05, 0) is 71.8 Å². The van der Waals surface area contributed by atoms with Gasteiger partial charge in [-0.2, -0.15) is 21.5 Å². The molecule has 15 nitrogen and oxygen atoms in total. The summed E-state index contributed by atoms with van der Waals surface area (Å²) < 4.78 is 12.9. The van der Waals surface area contributed by atoms with E-state index in [-0.39, 0.29) is 0 Å². The molecule has 0 atom stereocenters. The van der Waals surface area contributed by atoms with Crippen molar-refractivity contribution < 1.29 is 8.83 Å². The smallest absolute Gasteiger partial charge is 0.180 e. The fourth-order valence-corrected chi connectivity index (χ4v) is 4.51. The van der Waals surface area contributed by atoms with Crippen LogP contribution in [0.5, 0.6) is 0 Å². The van der Waals surface area contributed by atoms with Gasteiger partial charge in [0.1, 0.15) is 12.6 Å². The Morgan fingerprint density at radius 2 is 0.592 bits per heavy atom. The van der Waals surface area contributed by atoms with E-state index in [2.05, 4.69) is 88.2 Å². The summed E-state index contributed by atoms with van der Waals surface area (Å²) in [7, 11) is 3.94. The molecule has 706 valence electrons. The highest BCUT2D eigenvalue weighted by Gasteiger charge is 1.74. The van der Waals surface area contributed by atoms with Crippen molar-refractivity contribution in [3.05, 3.63) is 304 Å². The molecule has 1 aliphatic heterocycles. The Kier molecular flexibility index (Phi) is 457. The van der Waals surface area contributed by atoms with Gasteiger partial charge in [0.05, 0.1) is 30.6 Å². The molecule has 0 saturated carbocycles. The maximum absolute atomic E-state index is 4.58. The molecule has 0 saturated heterocycles. The number of oxazole rings is 1. The van der Waals surface area contributed by atoms with E-state index in [0.29, 0.717) is 0 Å². The lowest BCUT2D eigenvalue weighted by Gasteiger charge is -1.79. The third kappa shape index (κ3) is 301. The lowest BCUT2D eigenvalue weighted by atomic mass is 10.4. The molecule has 0 N–H and O–H groups in total. The largest absolute Gasteiger partial charge is 0.473 e. The topological polar surface area (TPSA) is 177 Å². The molecule has 17 heteroatoms. The van der Waals surface area contributed by atoms with Crippen LogP contribution in [0.1, 0.15) is 345 Å². The average Bonchev–Trinajstić information content (AvgIpc) is 1.90. The number of aryl methyl sites for hydroxylation is 2. The van der Waals surface area contributed by atoms with Crippen LogP contribution in [-0.4, -0.2) is 65.4 Å². The Morgan fingerprint density at radius 1 is 0.242 bits per heavy atom. The Hall–Kier alpha value is -9.19. The zero-order valence-electron chi connectivity index (χ0n) is 88.3. The Morgan fingerprint density at radius 3 is 0.700 bits per heavy atom. The quantitative estimate of drug-likeness (QED) is 0.141. The normalized spacial score (nSPS) is 6.88. The SMILES string of the molecule is C1=CCC=C1.C1=CN=CC1.CC.CC.CC.CC.CC.CC.CC.CC.CC.CC.CC.CC.CC.CC.CC.CC.CC.CC.CC.CC.CC.CC.CC.CC.Cn1cccc1.Cn1ccnc1.c1ccccc1.c1ccncc1.c1ccnnc1.c1ccoc1.c1ccsc1.c1cnccn1.c1cncnc1.c1cocn1.c1cscn1. The molecule has 0 spiro atoms. The second-order valence-corrected chi connectivity index (χ2v) is 14.0. The Bertz CT molecular complexity index is 2020. The van der Waals surface area contributed by atoms with Crippen molar-refractivity contribution in [1.29, 1.82) is 0 Å². The molecule has 11 heterocycles. The van der Waals surface area contributed by atoms with Crippen molar-refractivity contribution in [3.63, 3.8) is 0 Å². The second-order valence-electron chi connectivity index (χ2n) is 12.5. The number of aliphatic imine (C=N–C) groups is 1. The summed E-state index contributed by atoms with van der Waals surface area (Å²) in [5.41, 5.74) is 1.79. The number of benzene rings is 1. The third-order valence-corrected chi connectivity index (χ3v) is 7.95. The predicted octanol–water partition coefficient (Wildman–Crippen LogP) is 37.6. The van der Waals surface area contributed by atoms with E-state index in [1.54, 1.807) is 140 Å². The first kappa shape index (κ1) is 177. The first-order chi connectivity index (χ1) is 59.8. The monoisotopic (exact) mass is 1720 g/mol. The van der Waals surface area contributed by atoms with Gasteiger partial charge in [-0.3, -0.25) is 24.9 Å². The van der Waals surface area contributed by atoms with Gasteiger partial charge in [-0.25, -0.2) is 19.9 Å². The van der Waals surface area contributed by atoms with Gasteiger partial charge in [-0.1, -0.05) is 417 Å². The van der Waals surface area contributed by atoms with Gasteiger partial charge < -0.3 is 18.0 Å². The van der Waals surface area contributed by atoms with Crippen LogP contribution in [0.2, 0.25) is 0 Å². The molecule has 0 unspecified atom stereocenters. The molecular formula is C103H205N13O2S2. The van der Waals surface area contributed by atoms with Crippen molar-refractivity contribution in [2.75, 3.05) is 0 Å². The number of rotatable bonds is 0. The number of hydrogen-bond donors (Lipinski definition) is 0. The number of nitrogens with zero attached hydrogens (tertiary/aromatic N) is 13. The minimum absolute atomic E-state index is 1.03. The predicted molar refractivity (Wildman–Crippen MR) is 565 cm³/mol. The van der Waals surface area contributed by atoms with Gasteiger partial charge in [-0.15, -0.1) is 11.3 Å². The van der Waals surface area contributed by atoms with Gasteiger partial charge in [0, 0.05) is 131 Å². The van der Waals surface area contributed by atoms with E-state index in [4.69, 9.17) is 0 Å². The van der Waals surface area contributed by atoms with E-state index in [0.717, 1.165) is 12.8 Å².